The molecule has 1 heterocycles. The van der Waals surface area contributed by atoms with Crippen molar-refractivity contribution in [1.82, 2.24) is 14.5 Å². The van der Waals surface area contributed by atoms with E-state index >= 15 is 0 Å². The molecule has 0 spiro atoms. The molecule has 0 fully saturated rings. The van der Waals surface area contributed by atoms with Crippen LogP contribution in [0.4, 0.5) is 0 Å². The standard InChI is InChI=1S/C14H25BrN4O2S2/c1-5-19(6-2)23(20,21)10-9-17-14(16-3)18(4)11-12-7-8-13(15)22-12/h7-8H,5-6,9-11H2,1-4H3,(H,16,17). The van der Waals surface area contributed by atoms with Gasteiger partial charge in [-0.15, -0.1) is 11.3 Å². The summed E-state index contributed by atoms with van der Waals surface area (Å²) in [6, 6.07) is 4.07. The van der Waals surface area contributed by atoms with Gasteiger partial charge in [-0.05, 0) is 28.1 Å². The molecule has 0 saturated carbocycles. The number of hydrogen-bond donors (Lipinski definition) is 1. The molecule has 0 radical (unpaired) electrons. The van der Waals surface area contributed by atoms with Gasteiger partial charge in [0.1, 0.15) is 0 Å². The van der Waals surface area contributed by atoms with Crippen molar-refractivity contribution in [2.45, 2.75) is 20.4 Å². The summed E-state index contributed by atoms with van der Waals surface area (Å²) in [6.07, 6.45) is 0. The lowest BCUT2D eigenvalue weighted by Gasteiger charge is -2.23. The minimum atomic E-state index is -3.21. The summed E-state index contributed by atoms with van der Waals surface area (Å²) in [4.78, 5) is 7.39. The van der Waals surface area contributed by atoms with Crippen molar-refractivity contribution in [3.8, 4) is 0 Å². The lowest BCUT2D eigenvalue weighted by atomic mass is 10.4. The summed E-state index contributed by atoms with van der Waals surface area (Å²) in [5.41, 5.74) is 0. The first-order valence-corrected chi connectivity index (χ1v) is 10.7. The Morgan fingerprint density at radius 2 is 2.00 bits per heavy atom. The third-order valence-electron chi connectivity index (χ3n) is 3.34. The molecule has 1 aromatic rings. The van der Waals surface area contributed by atoms with Crippen molar-refractivity contribution >= 4 is 43.2 Å². The number of sulfonamides is 1. The molecule has 1 N–H and O–H groups in total. The normalized spacial score (nSPS) is 12.7. The lowest BCUT2D eigenvalue weighted by Crippen LogP contribution is -2.42. The van der Waals surface area contributed by atoms with Gasteiger partial charge in [0.15, 0.2) is 5.96 Å². The summed E-state index contributed by atoms with van der Waals surface area (Å²) >= 11 is 5.12. The fraction of sp³-hybridized carbons (Fsp3) is 0.643. The zero-order valence-corrected chi connectivity index (χ0v) is 17.3. The first-order chi connectivity index (χ1) is 10.8. The van der Waals surface area contributed by atoms with Gasteiger partial charge >= 0.3 is 0 Å². The van der Waals surface area contributed by atoms with E-state index in [1.54, 1.807) is 18.4 Å². The van der Waals surface area contributed by atoms with Crippen LogP contribution in [-0.4, -0.2) is 63.1 Å². The molecule has 0 saturated heterocycles. The smallest absolute Gasteiger partial charge is 0.215 e. The summed E-state index contributed by atoms with van der Waals surface area (Å²) in [5, 5.41) is 3.12. The second kappa shape index (κ2) is 9.61. The molecule has 0 aliphatic carbocycles. The van der Waals surface area contributed by atoms with Crippen molar-refractivity contribution < 1.29 is 8.42 Å². The van der Waals surface area contributed by atoms with Crippen LogP contribution in [0.2, 0.25) is 0 Å². The van der Waals surface area contributed by atoms with E-state index in [9.17, 15) is 8.42 Å². The Hall–Kier alpha value is -0.640. The van der Waals surface area contributed by atoms with Gasteiger partial charge in [0, 0.05) is 38.6 Å². The molecule has 9 heteroatoms. The van der Waals surface area contributed by atoms with Crippen LogP contribution in [0.25, 0.3) is 0 Å². The molecule has 6 nitrogen and oxygen atoms in total. The minimum absolute atomic E-state index is 0.0616. The van der Waals surface area contributed by atoms with E-state index < -0.39 is 10.0 Å². The highest BCUT2D eigenvalue weighted by Gasteiger charge is 2.18. The van der Waals surface area contributed by atoms with E-state index in [2.05, 4.69) is 32.3 Å². The molecule has 0 bridgehead atoms. The molecular weight excluding hydrogens is 400 g/mol. The van der Waals surface area contributed by atoms with Gasteiger partial charge in [-0.3, -0.25) is 4.99 Å². The maximum absolute atomic E-state index is 12.2. The number of hydrogen-bond acceptors (Lipinski definition) is 4. The molecule has 0 amide bonds. The molecule has 0 aliphatic heterocycles. The molecule has 0 unspecified atom stereocenters. The van der Waals surface area contributed by atoms with Crippen LogP contribution in [0.5, 0.6) is 0 Å². The summed E-state index contributed by atoms with van der Waals surface area (Å²) in [5.74, 6) is 0.746. The Balaban J connectivity index is 2.54. The van der Waals surface area contributed by atoms with E-state index in [1.807, 2.05) is 31.9 Å². The second-order valence-corrected chi connectivity index (χ2v) is 9.57. The van der Waals surface area contributed by atoms with E-state index in [4.69, 9.17) is 0 Å². The van der Waals surface area contributed by atoms with E-state index in [1.165, 1.54) is 9.18 Å². The van der Waals surface area contributed by atoms with E-state index in [0.717, 1.165) is 10.3 Å². The largest absolute Gasteiger partial charge is 0.355 e. The Morgan fingerprint density at radius 1 is 1.35 bits per heavy atom. The molecule has 0 aliphatic rings. The number of rotatable bonds is 8. The van der Waals surface area contributed by atoms with Crippen molar-refractivity contribution in [2.75, 3.05) is 39.5 Å². The number of thiophene rings is 1. The molecule has 1 rings (SSSR count). The number of halogens is 1. The molecule has 132 valence electrons. The van der Waals surface area contributed by atoms with Crippen LogP contribution >= 0.6 is 27.3 Å². The first kappa shape index (κ1) is 20.4. The van der Waals surface area contributed by atoms with Crippen LogP contribution < -0.4 is 5.32 Å². The van der Waals surface area contributed by atoms with Crippen LogP contribution in [0, 0.1) is 0 Å². The highest BCUT2D eigenvalue weighted by molar-refractivity contribution is 9.11. The quantitative estimate of drug-likeness (QED) is 0.512. The predicted octanol–water partition coefficient (Wildman–Crippen LogP) is 2.19. The average Bonchev–Trinajstić information content (AvgIpc) is 2.89. The average molecular weight is 425 g/mol. The third-order valence-corrected chi connectivity index (χ3v) is 6.97. The minimum Gasteiger partial charge on any atom is -0.355 e. The number of nitrogens with zero attached hydrogens (tertiary/aromatic N) is 3. The summed E-state index contributed by atoms with van der Waals surface area (Å²) < 4.78 is 26.9. The highest BCUT2D eigenvalue weighted by atomic mass is 79.9. The van der Waals surface area contributed by atoms with Gasteiger partial charge < -0.3 is 10.2 Å². The fourth-order valence-corrected chi connectivity index (χ4v) is 5.11. The van der Waals surface area contributed by atoms with Crippen molar-refractivity contribution in [3.63, 3.8) is 0 Å². The van der Waals surface area contributed by atoms with Crippen molar-refractivity contribution in [1.29, 1.82) is 0 Å². The Kier molecular flexibility index (Phi) is 8.52. The lowest BCUT2D eigenvalue weighted by molar-refractivity contribution is 0.443. The molecule has 0 aromatic carbocycles. The predicted molar refractivity (Wildman–Crippen MR) is 102 cm³/mol. The van der Waals surface area contributed by atoms with E-state index in [0.29, 0.717) is 25.6 Å². The van der Waals surface area contributed by atoms with Crippen LogP contribution in [-0.2, 0) is 16.6 Å². The maximum atomic E-state index is 12.2. The Labute approximate surface area is 151 Å². The Bertz CT molecular complexity index is 612. The summed E-state index contributed by atoms with van der Waals surface area (Å²) in [7, 11) is 0.414. The SMILES string of the molecule is CCN(CC)S(=O)(=O)CCNC(=NC)N(C)Cc1ccc(Br)s1. The Morgan fingerprint density at radius 3 is 2.48 bits per heavy atom. The number of nitrogens with one attached hydrogen (secondary N) is 1. The van der Waals surface area contributed by atoms with Crippen LogP contribution in [0.3, 0.4) is 0 Å². The van der Waals surface area contributed by atoms with Gasteiger partial charge in [0.25, 0.3) is 0 Å². The number of aliphatic imine (C=N–C) groups is 1. The molecule has 1 aromatic heterocycles. The van der Waals surface area contributed by atoms with Gasteiger partial charge in [0.05, 0.1) is 16.1 Å². The topological polar surface area (TPSA) is 65.0 Å². The van der Waals surface area contributed by atoms with Crippen molar-refractivity contribution in [2.24, 2.45) is 4.99 Å². The maximum Gasteiger partial charge on any atom is 0.215 e. The zero-order chi connectivity index (χ0) is 17.5. The van der Waals surface area contributed by atoms with Crippen LogP contribution in [0.15, 0.2) is 20.9 Å². The summed E-state index contributed by atoms with van der Waals surface area (Å²) in [6.45, 7) is 5.75. The number of guanidine groups is 1. The van der Waals surface area contributed by atoms with Crippen LogP contribution in [0.1, 0.15) is 18.7 Å². The fourth-order valence-electron chi connectivity index (χ4n) is 2.17. The zero-order valence-electron chi connectivity index (χ0n) is 14.0. The molecule has 23 heavy (non-hydrogen) atoms. The van der Waals surface area contributed by atoms with Gasteiger partial charge in [-0.25, -0.2) is 12.7 Å². The van der Waals surface area contributed by atoms with Gasteiger partial charge in [0.2, 0.25) is 10.0 Å². The van der Waals surface area contributed by atoms with Gasteiger partial charge in [-0.1, -0.05) is 13.8 Å². The monoisotopic (exact) mass is 424 g/mol. The van der Waals surface area contributed by atoms with E-state index in [-0.39, 0.29) is 5.75 Å². The molecule has 0 atom stereocenters. The third kappa shape index (κ3) is 6.40. The molecular formula is C14H25BrN4O2S2. The second-order valence-electron chi connectivity index (χ2n) is 4.94. The first-order valence-electron chi connectivity index (χ1n) is 7.47. The van der Waals surface area contributed by atoms with Crippen molar-refractivity contribution in [3.05, 3.63) is 20.8 Å². The van der Waals surface area contributed by atoms with Gasteiger partial charge in [-0.2, -0.15) is 0 Å². The highest BCUT2D eigenvalue weighted by Crippen LogP contribution is 2.22.